The number of fused-ring (bicyclic) bond motifs is 1. The third-order valence-corrected chi connectivity index (χ3v) is 2.58. The highest BCUT2D eigenvalue weighted by Crippen LogP contribution is 2.17. The minimum Gasteiger partial charge on any atom is -0.381 e. The van der Waals surface area contributed by atoms with Crippen molar-refractivity contribution in [3.63, 3.8) is 0 Å². The Morgan fingerprint density at radius 2 is 2.00 bits per heavy atom. The monoisotopic (exact) mass is 234 g/mol. The van der Waals surface area contributed by atoms with Crippen LogP contribution in [0.25, 0.3) is 10.8 Å². The summed E-state index contributed by atoms with van der Waals surface area (Å²) < 4.78 is 0. The Bertz CT molecular complexity index is 644. The molecule has 0 amide bonds. The summed E-state index contributed by atoms with van der Waals surface area (Å²) in [4.78, 5) is 23.3. The van der Waals surface area contributed by atoms with Gasteiger partial charge in [0.2, 0.25) is 0 Å². The molecule has 0 saturated heterocycles. The van der Waals surface area contributed by atoms with E-state index in [-0.39, 0.29) is 17.2 Å². The Morgan fingerprint density at radius 1 is 1.29 bits per heavy atom. The molecule has 0 bridgehead atoms. The molecule has 0 fully saturated rings. The molecule has 0 saturated carbocycles. The molecule has 90 valence electrons. The van der Waals surface area contributed by atoms with Gasteiger partial charge in [-0.3, -0.25) is 19.8 Å². The van der Waals surface area contributed by atoms with E-state index < -0.39 is 0 Å². The van der Waals surface area contributed by atoms with Gasteiger partial charge in [0.25, 0.3) is 11.1 Å². The van der Waals surface area contributed by atoms with Crippen LogP contribution in [0.4, 0.5) is 5.69 Å². The van der Waals surface area contributed by atoms with Crippen molar-refractivity contribution in [2.75, 3.05) is 11.9 Å². The Labute approximate surface area is 96.8 Å². The lowest BCUT2D eigenvalue weighted by atomic mass is 10.1. The third kappa shape index (κ3) is 2.07. The van der Waals surface area contributed by atoms with Crippen molar-refractivity contribution in [3.05, 3.63) is 38.9 Å². The Morgan fingerprint density at radius 3 is 2.71 bits per heavy atom. The Hall–Kier alpha value is -2.08. The van der Waals surface area contributed by atoms with Crippen LogP contribution in [0.2, 0.25) is 0 Å². The molecule has 0 aliphatic carbocycles. The lowest BCUT2D eigenvalue weighted by molar-refractivity contribution is 0.805. The van der Waals surface area contributed by atoms with Crippen LogP contribution in [0.3, 0.4) is 0 Å². The van der Waals surface area contributed by atoms with Crippen molar-refractivity contribution < 1.29 is 0 Å². The van der Waals surface area contributed by atoms with E-state index in [1.54, 1.807) is 18.2 Å². The summed E-state index contributed by atoms with van der Waals surface area (Å²) in [7, 11) is 0. The fourth-order valence-electron chi connectivity index (χ4n) is 1.67. The van der Waals surface area contributed by atoms with Crippen LogP contribution in [-0.4, -0.2) is 22.8 Å². The summed E-state index contributed by atoms with van der Waals surface area (Å²) >= 11 is 0. The fourth-order valence-corrected chi connectivity index (χ4v) is 1.67. The van der Waals surface area contributed by atoms with Crippen LogP contribution in [0.1, 0.15) is 6.92 Å². The van der Waals surface area contributed by atoms with Gasteiger partial charge in [-0.25, -0.2) is 0 Å². The second kappa shape index (κ2) is 4.42. The number of hydrogen-bond donors (Lipinski definition) is 4. The van der Waals surface area contributed by atoms with Crippen molar-refractivity contribution in [3.8, 4) is 0 Å². The van der Waals surface area contributed by atoms with Crippen LogP contribution >= 0.6 is 0 Å². The molecule has 1 heterocycles. The van der Waals surface area contributed by atoms with Crippen molar-refractivity contribution in [2.24, 2.45) is 5.73 Å². The number of hydrogen-bond acceptors (Lipinski definition) is 4. The SMILES string of the molecule is CC(CN)Nc1cccc2c(=O)[nH][nH]c(=O)c12. The Balaban J connectivity index is 2.69. The first-order valence-corrected chi connectivity index (χ1v) is 5.33. The van der Waals surface area contributed by atoms with Gasteiger partial charge in [0.05, 0.1) is 10.8 Å². The quantitative estimate of drug-likeness (QED) is 0.599. The van der Waals surface area contributed by atoms with Crippen molar-refractivity contribution in [2.45, 2.75) is 13.0 Å². The molecule has 1 atom stereocenters. The van der Waals surface area contributed by atoms with Crippen molar-refractivity contribution in [1.82, 2.24) is 10.2 Å². The molecule has 0 spiro atoms. The van der Waals surface area contributed by atoms with Gasteiger partial charge >= 0.3 is 0 Å². The average molecular weight is 234 g/mol. The minimum absolute atomic E-state index is 0.0271. The van der Waals surface area contributed by atoms with Gasteiger partial charge in [0, 0.05) is 18.3 Å². The van der Waals surface area contributed by atoms with Crippen molar-refractivity contribution >= 4 is 16.5 Å². The maximum absolute atomic E-state index is 11.7. The topological polar surface area (TPSA) is 104 Å². The van der Waals surface area contributed by atoms with Crippen LogP contribution in [-0.2, 0) is 0 Å². The lowest BCUT2D eigenvalue weighted by Gasteiger charge is -2.14. The fraction of sp³-hybridized carbons (Fsp3) is 0.273. The van der Waals surface area contributed by atoms with Gasteiger partial charge in [0.15, 0.2) is 0 Å². The van der Waals surface area contributed by atoms with E-state index in [1.807, 2.05) is 6.92 Å². The van der Waals surface area contributed by atoms with E-state index in [4.69, 9.17) is 5.73 Å². The molecule has 6 nitrogen and oxygen atoms in total. The van der Waals surface area contributed by atoms with E-state index >= 15 is 0 Å². The van der Waals surface area contributed by atoms with E-state index in [0.29, 0.717) is 23.0 Å². The smallest absolute Gasteiger partial charge is 0.272 e. The van der Waals surface area contributed by atoms with Crippen LogP contribution < -0.4 is 22.2 Å². The first-order chi connectivity index (χ1) is 8.13. The van der Waals surface area contributed by atoms with Crippen molar-refractivity contribution in [1.29, 1.82) is 0 Å². The number of H-pyrrole nitrogens is 2. The second-order valence-electron chi connectivity index (χ2n) is 3.92. The number of benzene rings is 1. The number of aromatic nitrogens is 2. The summed E-state index contributed by atoms with van der Waals surface area (Å²) in [6.45, 7) is 2.34. The first-order valence-electron chi connectivity index (χ1n) is 5.33. The third-order valence-electron chi connectivity index (χ3n) is 2.58. The van der Waals surface area contributed by atoms with Gasteiger partial charge < -0.3 is 11.1 Å². The molecule has 0 aliphatic heterocycles. The minimum atomic E-state index is -0.327. The molecule has 17 heavy (non-hydrogen) atoms. The van der Waals surface area contributed by atoms with Gasteiger partial charge in [-0.15, -0.1) is 0 Å². The second-order valence-corrected chi connectivity index (χ2v) is 3.92. The predicted octanol–water partition coefficient (Wildman–Crippen LogP) is -0.0245. The van der Waals surface area contributed by atoms with Crippen LogP contribution in [0.15, 0.2) is 27.8 Å². The maximum atomic E-state index is 11.7. The van der Waals surface area contributed by atoms with Crippen LogP contribution in [0, 0.1) is 0 Å². The van der Waals surface area contributed by atoms with Gasteiger partial charge in [-0.2, -0.15) is 0 Å². The first kappa shape index (κ1) is 11.4. The zero-order chi connectivity index (χ0) is 12.4. The average Bonchev–Trinajstić information content (AvgIpc) is 2.34. The number of aromatic amines is 2. The zero-order valence-electron chi connectivity index (χ0n) is 9.41. The zero-order valence-corrected chi connectivity index (χ0v) is 9.41. The largest absolute Gasteiger partial charge is 0.381 e. The molecular weight excluding hydrogens is 220 g/mol. The standard InChI is InChI=1S/C11H14N4O2/c1-6(5-12)13-8-4-2-3-7-9(8)11(17)15-14-10(7)16/h2-4,6,13H,5,12H2,1H3,(H,14,16)(H,15,17). The maximum Gasteiger partial charge on any atom is 0.272 e. The van der Waals surface area contributed by atoms with Gasteiger partial charge in [-0.05, 0) is 19.1 Å². The summed E-state index contributed by atoms with van der Waals surface area (Å²) in [5, 5.41) is 8.43. The normalized spacial score (nSPS) is 12.6. The molecule has 1 aromatic heterocycles. The predicted molar refractivity (Wildman–Crippen MR) is 67.3 cm³/mol. The molecule has 0 radical (unpaired) electrons. The number of nitrogens with two attached hydrogens (primary N) is 1. The molecule has 0 aliphatic rings. The molecule has 1 unspecified atom stereocenters. The summed E-state index contributed by atoms with van der Waals surface area (Å²) in [6.07, 6.45) is 0. The lowest BCUT2D eigenvalue weighted by Crippen LogP contribution is -2.27. The molecule has 2 rings (SSSR count). The molecule has 2 aromatic rings. The van der Waals surface area contributed by atoms with E-state index in [2.05, 4.69) is 15.5 Å². The highest BCUT2D eigenvalue weighted by atomic mass is 16.1. The van der Waals surface area contributed by atoms with Gasteiger partial charge in [0.1, 0.15) is 0 Å². The number of rotatable bonds is 3. The summed E-state index contributed by atoms with van der Waals surface area (Å²) in [5.41, 5.74) is 5.49. The Kier molecular flexibility index (Phi) is 2.97. The number of anilines is 1. The molecular formula is C11H14N4O2. The highest BCUT2D eigenvalue weighted by Gasteiger charge is 2.09. The summed E-state index contributed by atoms with van der Waals surface area (Å²) in [6, 6.07) is 5.12. The van der Waals surface area contributed by atoms with E-state index in [9.17, 15) is 9.59 Å². The van der Waals surface area contributed by atoms with E-state index in [0.717, 1.165) is 0 Å². The number of nitrogens with one attached hydrogen (secondary N) is 3. The molecule has 1 aromatic carbocycles. The highest BCUT2D eigenvalue weighted by molar-refractivity contribution is 5.92. The molecule has 6 heteroatoms. The molecule has 5 N–H and O–H groups in total. The van der Waals surface area contributed by atoms with Gasteiger partial charge in [-0.1, -0.05) is 6.07 Å². The van der Waals surface area contributed by atoms with Crippen LogP contribution in [0.5, 0.6) is 0 Å². The van der Waals surface area contributed by atoms with E-state index in [1.165, 1.54) is 0 Å². The summed E-state index contributed by atoms with van der Waals surface area (Å²) in [5.74, 6) is 0.